The summed E-state index contributed by atoms with van der Waals surface area (Å²) in [5, 5.41) is 6.27. The second-order valence-electron chi connectivity index (χ2n) is 6.67. The number of carbonyl (C=O) groups excluding carboxylic acids is 1. The Kier molecular flexibility index (Phi) is 7.48. The third kappa shape index (κ3) is 7.00. The van der Waals surface area contributed by atoms with Gasteiger partial charge in [-0.2, -0.15) is 0 Å². The highest BCUT2D eigenvalue weighted by Crippen LogP contribution is 2.12. The lowest BCUT2D eigenvalue weighted by Crippen LogP contribution is -2.44. The molecule has 1 saturated heterocycles. The van der Waals surface area contributed by atoms with E-state index < -0.39 is 5.60 Å². The van der Waals surface area contributed by atoms with Crippen LogP contribution in [0.3, 0.4) is 0 Å². The fourth-order valence-corrected chi connectivity index (χ4v) is 2.31. The third-order valence-corrected chi connectivity index (χ3v) is 3.32. The summed E-state index contributed by atoms with van der Waals surface area (Å²) in [6, 6.07) is 0.116. The molecule has 0 saturated carbocycles. The van der Waals surface area contributed by atoms with Crippen molar-refractivity contribution in [1.29, 1.82) is 0 Å². The van der Waals surface area contributed by atoms with Crippen LogP contribution in [0.5, 0.6) is 0 Å². The normalized spacial score (nSPS) is 19.2. The van der Waals surface area contributed by atoms with Gasteiger partial charge in [0, 0.05) is 26.2 Å². The first-order valence-corrected chi connectivity index (χ1v) is 8.38. The van der Waals surface area contributed by atoms with Crippen LogP contribution < -0.4 is 10.6 Å². The van der Waals surface area contributed by atoms with Crippen molar-refractivity contribution >= 4 is 12.1 Å². The number of ether oxygens (including phenoxy) is 1. The first-order chi connectivity index (χ1) is 10.4. The van der Waals surface area contributed by atoms with Gasteiger partial charge in [0.2, 0.25) is 0 Å². The minimum absolute atomic E-state index is 0.116. The van der Waals surface area contributed by atoms with E-state index in [4.69, 9.17) is 4.74 Å². The van der Waals surface area contributed by atoms with Crippen molar-refractivity contribution in [1.82, 2.24) is 15.5 Å². The summed E-state index contributed by atoms with van der Waals surface area (Å²) in [6.45, 7) is 13.2. The molecule has 128 valence electrons. The number of aliphatic imine (C=N–C) groups is 1. The summed E-state index contributed by atoms with van der Waals surface area (Å²) < 4.78 is 5.31. The van der Waals surface area contributed by atoms with E-state index in [0.717, 1.165) is 51.4 Å². The molecule has 1 fully saturated rings. The Balaban J connectivity index is 2.48. The number of nitrogens with zero attached hydrogens (tertiary/aromatic N) is 2. The number of rotatable bonds is 5. The molecule has 2 N–H and O–H groups in total. The molecule has 0 aromatic carbocycles. The molecular formula is C16H32N4O2. The average molecular weight is 312 g/mol. The largest absolute Gasteiger partial charge is 0.444 e. The third-order valence-electron chi connectivity index (χ3n) is 3.32. The lowest BCUT2D eigenvalue weighted by atomic mass is 10.2. The SMILES string of the molecule is CCCCN=C(NCC)N1CCC(NC(=O)OC(C)(C)C)C1. The Labute approximate surface area is 134 Å². The molecule has 1 aliphatic heterocycles. The topological polar surface area (TPSA) is 66.0 Å². The van der Waals surface area contributed by atoms with Gasteiger partial charge in [0.15, 0.2) is 5.96 Å². The van der Waals surface area contributed by atoms with E-state index in [1.54, 1.807) is 0 Å². The van der Waals surface area contributed by atoms with Crippen LogP contribution in [0.4, 0.5) is 4.79 Å². The van der Waals surface area contributed by atoms with Gasteiger partial charge in [-0.05, 0) is 40.5 Å². The first kappa shape index (κ1) is 18.6. The standard InChI is InChI=1S/C16H32N4O2/c1-6-8-10-18-14(17-7-2)20-11-9-13(12-20)19-15(21)22-16(3,4)5/h13H,6-12H2,1-5H3,(H,17,18)(H,19,21). The molecule has 1 rings (SSSR count). The van der Waals surface area contributed by atoms with E-state index in [2.05, 4.69) is 34.4 Å². The first-order valence-electron chi connectivity index (χ1n) is 8.38. The summed E-state index contributed by atoms with van der Waals surface area (Å²) in [5.74, 6) is 0.949. The lowest BCUT2D eigenvalue weighted by molar-refractivity contribution is 0.0507. The molecule has 6 nitrogen and oxygen atoms in total. The van der Waals surface area contributed by atoms with Crippen molar-refractivity contribution in [2.75, 3.05) is 26.2 Å². The van der Waals surface area contributed by atoms with Crippen molar-refractivity contribution in [3.8, 4) is 0 Å². The lowest BCUT2D eigenvalue weighted by Gasteiger charge is -2.23. The summed E-state index contributed by atoms with van der Waals surface area (Å²) >= 11 is 0. The molecule has 0 aromatic rings. The van der Waals surface area contributed by atoms with Gasteiger partial charge in [-0.3, -0.25) is 4.99 Å². The fraction of sp³-hybridized carbons (Fsp3) is 0.875. The Morgan fingerprint density at radius 3 is 2.68 bits per heavy atom. The molecule has 0 aliphatic carbocycles. The summed E-state index contributed by atoms with van der Waals surface area (Å²) in [4.78, 5) is 18.7. The van der Waals surface area contributed by atoms with Crippen LogP contribution in [0, 0.1) is 0 Å². The molecule has 0 bridgehead atoms. The Bertz CT molecular complexity index is 377. The molecule has 0 aromatic heterocycles. The van der Waals surface area contributed by atoms with Gasteiger partial charge in [-0.25, -0.2) is 4.79 Å². The molecule has 22 heavy (non-hydrogen) atoms. The van der Waals surface area contributed by atoms with Crippen LogP contribution in [0.25, 0.3) is 0 Å². The van der Waals surface area contributed by atoms with Gasteiger partial charge in [0.1, 0.15) is 5.60 Å². The van der Waals surface area contributed by atoms with E-state index in [1.807, 2.05) is 20.8 Å². The Morgan fingerprint density at radius 2 is 2.09 bits per heavy atom. The van der Waals surface area contributed by atoms with Crippen molar-refractivity contribution in [3.05, 3.63) is 0 Å². The molecule has 1 heterocycles. The highest BCUT2D eigenvalue weighted by atomic mass is 16.6. The predicted octanol–water partition coefficient (Wildman–Crippen LogP) is 2.35. The quantitative estimate of drug-likeness (QED) is 0.464. The van der Waals surface area contributed by atoms with Crippen LogP contribution in [0.1, 0.15) is 53.9 Å². The van der Waals surface area contributed by atoms with Crippen molar-refractivity contribution < 1.29 is 9.53 Å². The van der Waals surface area contributed by atoms with E-state index in [1.165, 1.54) is 0 Å². The van der Waals surface area contributed by atoms with Gasteiger partial charge in [0.05, 0.1) is 6.04 Å². The number of guanidine groups is 1. The number of likely N-dealkylation sites (tertiary alicyclic amines) is 1. The molecule has 0 spiro atoms. The van der Waals surface area contributed by atoms with Gasteiger partial charge in [-0.1, -0.05) is 13.3 Å². The maximum Gasteiger partial charge on any atom is 0.407 e. The molecule has 1 aliphatic rings. The van der Waals surface area contributed by atoms with Gasteiger partial charge in [-0.15, -0.1) is 0 Å². The van der Waals surface area contributed by atoms with Gasteiger partial charge < -0.3 is 20.3 Å². The number of amides is 1. The minimum Gasteiger partial charge on any atom is -0.444 e. The number of alkyl carbamates (subject to hydrolysis) is 1. The minimum atomic E-state index is -0.459. The zero-order valence-electron chi connectivity index (χ0n) is 14.7. The molecule has 0 radical (unpaired) electrons. The highest BCUT2D eigenvalue weighted by Gasteiger charge is 2.27. The fourth-order valence-electron chi connectivity index (χ4n) is 2.31. The summed E-state index contributed by atoms with van der Waals surface area (Å²) in [6.07, 6.45) is 2.82. The number of hydrogen-bond donors (Lipinski definition) is 2. The van der Waals surface area contributed by atoms with E-state index in [9.17, 15) is 4.79 Å². The van der Waals surface area contributed by atoms with E-state index in [0.29, 0.717) is 0 Å². The van der Waals surface area contributed by atoms with Crippen molar-refractivity contribution in [2.24, 2.45) is 4.99 Å². The van der Waals surface area contributed by atoms with Crippen molar-refractivity contribution in [2.45, 2.75) is 65.5 Å². The number of unbranched alkanes of at least 4 members (excludes halogenated alkanes) is 1. The molecule has 1 amide bonds. The molecule has 1 atom stereocenters. The van der Waals surface area contributed by atoms with Crippen LogP contribution in [0.15, 0.2) is 4.99 Å². The van der Waals surface area contributed by atoms with Crippen LogP contribution in [-0.2, 0) is 4.74 Å². The maximum absolute atomic E-state index is 11.8. The van der Waals surface area contributed by atoms with E-state index >= 15 is 0 Å². The second-order valence-corrected chi connectivity index (χ2v) is 6.67. The molecule has 6 heteroatoms. The zero-order valence-corrected chi connectivity index (χ0v) is 14.7. The number of carbonyl (C=O) groups is 1. The van der Waals surface area contributed by atoms with Crippen molar-refractivity contribution in [3.63, 3.8) is 0 Å². The van der Waals surface area contributed by atoms with Crippen LogP contribution in [-0.4, -0.2) is 54.8 Å². The smallest absolute Gasteiger partial charge is 0.407 e. The zero-order chi connectivity index (χ0) is 16.6. The van der Waals surface area contributed by atoms with Crippen LogP contribution in [0.2, 0.25) is 0 Å². The molecule has 1 unspecified atom stereocenters. The monoisotopic (exact) mass is 312 g/mol. The number of hydrogen-bond acceptors (Lipinski definition) is 3. The summed E-state index contributed by atoms with van der Waals surface area (Å²) in [5.41, 5.74) is -0.459. The van der Waals surface area contributed by atoms with Crippen LogP contribution >= 0.6 is 0 Å². The number of nitrogens with one attached hydrogen (secondary N) is 2. The van der Waals surface area contributed by atoms with Gasteiger partial charge in [0.25, 0.3) is 0 Å². The molecular weight excluding hydrogens is 280 g/mol. The Hall–Kier alpha value is -1.46. The Morgan fingerprint density at radius 1 is 1.36 bits per heavy atom. The maximum atomic E-state index is 11.8. The van der Waals surface area contributed by atoms with Gasteiger partial charge >= 0.3 is 6.09 Å². The van der Waals surface area contributed by atoms with E-state index in [-0.39, 0.29) is 12.1 Å². The summed E-state index contributed by atoms with van der Waals surface area (Å²) in [7, 11) is 0. The predicted molar refractivity (Wildman–Crippen MR) is 90.2 cm³/mol. The highest BCUT2D eigenvalue weighted by molar-refractivity contribution is 5.80. The average Bonchev–Trinajstić information content (AvgIpc) is 2.84. The second kappa shape index (κ2) is 8.86.